The van der Waals surface area contributed by atoms with Crippen molar-refractivity contribution in [2.24, 2.45) is 5.92 Å². The Labute approximate surface area is 102 Å². The first-order valence-electron chi connectivity index (χ1n) is 6.12. The predicted molar refractivity (Wildman–Crippen MR) is 64.3 cm³/mol. The first-order valence-corrected chi connectivity index (χ1v) is 6.12. The molecular weight excluding hydrogens is 220 g/mol. The molecule has 98 valence electrons. The maximum Gasteiger partial charge on any atom is 0.244 e. The fourth-order valence-corrected chi connectivity index (χ4v) is 2.37. The van der Waals surface area contributed by atoms with Crippen LogP contribution in [-0.2, 0) is 9.59 Å². The van der Waals surface area contributed by atoms with Crippen molar-refractivity contribution in [3.63, 3.8) is 0 Å². The summed E-state index contributed by atoms with van der Waals surface area (Å²) in [7, 11) is 1.71. The number of hydrogen-bond donors (Lipinski definition) is 2. The van der Waals surface area contributed by atoms with Gasteiger partial charge < -0.3 is 15.3 Å². The SMILES string of the molecule is CC(=O)NC(C)C(=O)N(C)CC1CCCC1O. The highest BCUT2D eigenvalue weighted by Crippen LogP contribution is 2.26. The fourth-order valence-electron chi connectivity index (χ4n) is 2.37. The summed E-state index contributed by atoms with van der Waals surface area (Å²) in [6.45, 7) is 3.62. The van der Waals surface area contributed by atoms with E-state index in [1.807, 2.05) is 0 Å². The lowest BCUT2D eigenvalue weighted by atomic mass is 10.1. The smallest absolute Gasteiger partial charge is 0.244 e. The van der Waals surface area contributed by atoms with E-state index in [0.29, 0.717) is 6.54 Å². The number of nitrogens with one attached hydrogen (secondary N) is 1. The van der Waals surface area contributed by atoms with Gasteiger partial charge >= 0.3 is 0 Å². The van der Waals surface area contributed by atoms with E-state index < -0.39 is 6.04 Å². The number of rotatable bonds is 4. The molecule has 0 aromatic carbocycles. The topological polar surface area (TPSA) is 69.6 Å². The van der Waals surface area contributed by atoms with Crippen LogP contribution in [0.3, 0.4) is 0 Å². The molecule has 1 aliphatic carbocycles. The van der Waals surface area contributed by atoms with Crippen LogP contribution in [0.5, 0.6) is 0 Å². The van der Waals surface area contributed by atoms with Crippen molar-refractivity contribution in [2.75, 3.05) is 13.6 Å². The molecule has 1 rings (SSSR count). The summed E-state index contributed by atoms with van der Waals surface area (Å²) in [5, 5.41) is 12.3. The van der Waals surface area contributed by atoms with E-state index >= 15 is 0 Å². The second-order valence-corrected chi connectivity index (χ2v) is 4.90. The highest BCUT2D eigenvalue weighted by molar-refractivity contribution is 5.86. The summed E-state index contributed by atoms with van der Waals surface area (Å²) >= 11 is 0. The molecule has 0 heterocycles. The standard InChI is InChI=1S/C12H22N2O3/c1-8(13-9(2)15)12(17)14(3)7-10-5-4-6-11(10)16/h8,10-11,16H,4-7H2,1-3H3,(H,13,15). The molecule has 0 aliphatic heterocycles. The van der Waals surface area contributed by atoms with Gasteiger partial charge in [-0.3, -0.25) is 9.59 Å². The van der Waals surface area contributed by atoms with Gasteiger partial charge in [0, 0.05) is 26.4 Å². The molecule has 0 aromatic heterocycles. The van der Waals surface area contributed by atoms with Crippen LogP contribution in [0.2, 0.25) is 0 Å². The van der Waals surface area contributed by atoms with E-state index in [4.69, 9.17) is 0 Å². The van der Waals surface area contributed by atoms with E-state index in [-0.39, 0.29) is 23.8 Å². The van der Waals surface area contributed by atoms with Crippen molar-refractivity contribution in [1.82, 2.24) is 10.2 Å². The van der Waals surface area contributed by atoms with Crippen LogP contribution in [0, 0.1) is 5.92 Å². The zero-order valence-electron chi connectivity index (χ0n) is 10.8. The summed E-state index contributed by atoms with van der Waals surface area (Å²) < 4.78 is 0. The van der Waals surface area contributed by atoms with E-state index in [2.05, 4.69) is 5.32 Å². The zero-order valence-corrected chi connectivity index (χ0v) is 10.8. The molecule has 0 bridgehead atoms. The number of nitrogens with zero attached hydrogens (tertiary/aromatic N) is 1. The minimum atomic E-state index is -0.504. The van der Waals surface area contributed by atoms with Crippen molar-refractivity contribution >= 4 is 11.8 Å². The van der Waals surface area contributed by atoms with Gasteiger partial charge in [0.15, 0.2) is 0 Å². The molecule has 0 spiro atoms. The quantitative estimate of drug-likeness (QED) is 0.736. The molecule has 3 unspecified atom stereocenters. The Morgan fingerprint density at radius 1 is 1.47 bits per heavy atom. The van der Waals surface area contributed by atoms with Gasteiger partial charge in [-0.2, -0.15) is 0 Å². The number of amides is 2. The van der Waals surface area contributed by atoms with Gasteiger partial charge in [0.1, 0.15) is 6.04 Å². The minimum Gasteiger partial charge on any atom is -0.393 e. The third kappa shape index (κ3) is 4.00. The van der Waals surface area contributed by atoms with Crippen LogP contribution < -0.4 is 5.32 Å². The summed E-state index contributed by atoms with van der Waals surface area (Å²) in [6.07, 6.45) is 2.53. The molecule has 1 fully saturated rings. The molecule has 5 nitrogen and oxygen atoms in total. The van der Waals surface area contributed by atoms with Crippen molar-refractivity contribution in [1.29, 1.82) is 0 Å². The normalized spacial score (nSPS) is 25.4. The lowest BCUT2D eigenvalue weighted by Gasteiger charge is -2.26. The van der Waals surface area contributed by atoms with Gasteiger partial charge in [-0.05, 0) is 19.8 Å². The Morgan fingerprint density at radius 3 is 2.59 bits per heavy atom. The lowest BCUT2D eigenvalue weighted by molar-refractivity contribution is -0.135. The largest absolute Gasteiger partial charge is 0.393 e. The second kappa shape index (κ2) is 6.00. The molecule has 1 saturated carbocycles. The van der Waals surface area contributed by atoms with Crippen LogP contribution in [0.4, 0.5) is 0 Å². The van der Waals surface area contributed by atoms with Crippen molar-refractivity contribution in [3.05, 3.63) is 0 Å². The predicted octanol–water partition coefficient (Wildman–Crippen LogP) is 0.130. The molecule has 2 N–H and O–H groups in total. The van der Waals surface area contributed by atoms with E-state index in [9.17, 15) is 14.7 Å². The van der Waals surface area contributed by atoms with Crippen LogP contribution in [0.15, 0.2) is 0 Å². The first-order chi connectivity index (χ1) is 7.91. The molecule has 0 radical (unpaired) electrons. The van der Waals surface area contributed by atoms with Gasteiger partial charge in [-0.1, -0.05) is 6.42 Å². The fraction of sp³-hybridized carbons (Fsp3) is 0.833. The van der Waals surface area contributed by atoms with Crippen LogP contribution in [-0.4, -0.2) is 47.6 Å². The Hall–Kier alpha value is -1.10. The maximum absolute atomic E-state index is 11.9. The van der Waals surface area contributed by atoms with Crippen molar-refractivity contribution in [3.8, 4) is 0 Å². The summed E-state index contributed by atoms with van der Waals surface area (Å²) in [6, 6.07) is -0.504. The molecule has 0 aromatic rings. The average molecular weight is 242 g/mol. The molecule has 3 atom stereocenters. The van der Waals surface area contributed by atoms with E-state index in [0.717, 1.165) is 19.3 Å². The number of hydrogen-bond acceptors (Lipinski definition) is 3. The number of aliphatic hydroxyl groups excluding tert-OH is 1. The minimum absolute atomic E-state index is 0.112. The molecule has 2 amide bonds. The van der Waals surface area contributed by atoms with Crippen molar-refractivity contribution in [2.45, 2.75) is 45.3 Å². The average Bonchev–Trinajstić information content (AvgIpc) is 2.62. The Morgan fingerprint density at radius 2 is 2.12 bits per heavy atom. The molecule has 17 heavy (non-hydrogen) atoms. The number of carbonyl (C=O) groups is 2. The van der Waals surface area contributed by atoms with Crippen LogP contribution >= 0.6 is 0 Å². The van der Waals surface area contributed by atoms with Gasteiger partial charge in [-0.15, -0.1) is 0 Å². The number of carbonyl (C=O) groups excluding carboxylic acids is 2. The summed E-state index contributed by atoms with van der Waals surface area (Å²) in [5.41, 5.74) is 0. The second-order valence-electron chi connectivity index (χ2n) is 4.90. The van der Waals surface area contributed by atoms with Crippen molar-refractivity contribution < 1.29 is 14.7 Å². The molecule has 1 aliphatic rings. The Kier molecular flexibility index (Phi) is 4.93. The highest BCUT2D eigenvalue weighted by Gasteiger charge is 2.28. The molecular formula is C12H22N2O3. The van der Waals surface area contributed by atoms with Crippen LogP contribution in [0.1, 0.15) is 33.1 Å². The maximum atomic E-state index is 11.9. The number of aliphatic hydroxyl groups is 1. The Bertz CT molecular complexity index is 293. The van der Waals surface area contributed by atoms with E-state index in [1.165, 1.54) is 6.92 Å². The van der Waals surface area contributed by atoms with E-state index in [1.54, 1.807) is 18.9 Å². The third-order valence-electron chi connectivity index (χ3n) is 3.29. The monoisotopic (exact) mass is 242 g/mol. The van der Waals surface area contributed by atoms with Gasteiger partial charge in [-0.25, -0.2) is 0 Å². The molecule has 0 saturated heterocycles. The zero-order chi connectivity index (χ0) is 13.0. The number of likely N-dealkylation sites (N-methyl/N-ethyl adjacent to an activating group) is 1. The summed E-state index contributed by atoms with van der Waals surface area (Å²) in [4.78, 5) is 24.4. The third-order valence-corrected chi connectivity index (χ3v) is 3.29. The first kappa shape index (κ1) is 14.0. The lowest BCUT2D eigenvalue weighted by Crippen LogP contribution is -2.46. The van der Waals surface area contributed by atoms with Gasteiger partial charge in [0.25, 0.3) is 0 Å². The van der Waals surface area contributed by atoms with Crippen LogP contribution in [0.25, 0.3) is 0 Å². The van der Waals surface area contributed by atoms with Gasteiger partial charge in [0.2, 0.25) is 11.8 Å². The van der Waals surface area contributed by atoms with Gasteiger partial charge in [0.05, 0.1) is 6.10 Å². The Balaban J connectivity index is 2.43. The highest BCUT2D eigenvalue weighted by atomic mass is 16.3. The summed E-state index contributed by atoms with van der Waals surface area (Å²) in [5.74, 6) is -0.145. The molecule has 5 heteroatoms.